The van der Waals surface area contributed by atoms with Gasteiger partial charge in [-0.3, -0.25) is 4.90 Å². The van der Waals surface area contributed by atoms with Crippen LogP contribution in [0.5, 0.6) is 0 Å². The molecule has 0 spiro atoms. The highest BCUT2D eigenvalue weighted by Crippen LogP contribution is 2.15. The first-order chi connectivity index (χ1) is 7.79. The molecule has 0 radical (unpaired) electrons. The van der Waals surface area contributed by atoms with E-state index in [0.29, 0.717) is 18.5 Å². The summed E-state index contributed by atoms with van der Waals surface area (Å²) in [6, 6.07) is 0.314. The van der Waals surface area contributed by atoms with E-state index in [9.17, 15) is 5.11 Å². The van der Waals surface area contributed by atoms with Gasteiger partial charge in [-0.25, -0.2) is 0 Å². The third kappa shape index (κ3) is 6.09. The third-order valence-electron chi connectivity index (χ3n) is 3.65. The fourth-order valence-corrected chi connectivity index (χ4v) is 1.86. The molecule has 0 aromatic carbocycles. The van der Waals surface area contributed by atoms with E-state index in [2.05, 4.69) is 38.7 Å². The van der Waals surface area contributed by atoms with Crippen molar-refractivity contribution >= 4 is 7.28 Å². The number of allylic oxidation sites excluding steroid dienone is 1. The summed E-state index contributed by atoms with van der Waals surface area (Å²) >= 11 is 0. The first kappa shape index (κ1) is 16.5. The van der Waals surface area contributed by atoms with Gasteiger partial charge in [0.05, 0.1) is 6.10 Å². The molecule has 0 fully saturated rings. The minimum Gasteiger partial charge on any atom is -0.392 e. The first-order valence-corrected chi connectivity index (χ1v) is 6.50. The van der Waals surface area contributed by atoms with Crippen molar-refractivity contribution in [1.82, 2.24) is 4.90 Å². The number of nitrogens with zero attached hydrogens (tertiary/aromatic N) is 1. The van der Waals surface area contributed by atoms with Crippen LogP contribution >= 0.6 is 0 Å². The van der Waals surface area contributed by atoms with Gasteiger partial charge in [0, 0.05) is 12.6 Å². The molecule has 0 amide bonds. The topological polar surface area (TPSA) is 23.5 Å². The van der Waals surface area contributed by atoms with Gasteiger partial charge in [0.1, 0.15) is 7.28 Å². The molecule has 98 valence electrons. The van der Waals surface area contributed by atoms with E-state index in [1.165, 1.54) is 5.47 Å². The van der Waals surface area contributed by atoms with E-state index in [-0.39, 0.29) is 6.10 Å². The van der Waals surface area contributed by atoms with Gasteiger partial charge in [-0.2, -0.15) is 0 Å². The zero-order valence-corrected chi connectivity index (χ0v) is 12.2. The summed E-state index contributed by atoms with van der Waals surface area (Å²) in [6.07, 6.45) is 0.500. The van der Waals surface area contributed by atoms with E-state index in [0.717, 1.165) is 19.3 Å². The summed E-state index contributed by atoms with van der Waals surface area (Å²) in [5.41, 5.74) is 2.35. The van der Waals surface area contributed by atoms with Crippen molar-refractivity contribution in [2.24, 2.45) is 5.92 Å². The van der Waals surface area contributed by atoms with Gasteiger partial charge in [0.2, 0.25) is 0 Å². The van der Waals surface area contributed by atoms with Crippen molar-refractivity contribution in [3.05, 3.63) is 24.2 Å². The molecule has 0 saturated carbocycles. The normalized spacial score (nSPS) is 16.4. The highest BCUT2D eigenvalue weighted by Gasteiger charge is 2.17. The van der Waals surface area contributed by atoms with Crippen molar-refractivity contribution in [3.63, 3.8) is 0 Å². The average Bonchev–Trinajstić information content (AvgIpc) is 2.26. The molecule has 3 unspecified atom stereocenters. The van der Waals surface area contributed by atoms with Crippen LogP contribution < -0.4 is 0 Å². The van der Waals surface area contributed by atoms with Gasteiger partial charge >= 0.3 is 0 Å². The summed E-state index contributed by atoms with van der Waals surface area (Å²) in [4.78, 5) is 2.15. The summed E-state index contributed by atoms with van der Waals surface area (Å²) in [5, 5.41) is 10.1. The number of likely N-dealkylation sites (N-methyl/N-ethyl adjacent to an activating group) is 1. The van der Waals surface area contributed by atoms with Crippen LogP contribution in [-0.4, -0.2) is 43.0 Å². The van der Waals surface area contributed by atoms with E-state index >= 15 is 0 Å². The summed E-state index contributed by atoms with van der Waals surface area (Å²) < 4.78 is 0. The maximum absolute atomic E-state index is 10.1. The smallest absolute Gasteiger partial charge is 0.148 e. The van der Waals surface area contributed by atoms with Gasteiger partial charge in [-0.05, 0) is 33.2 Å². The molecule has 0 heterocycles. The van der Waals surface area contributed by atoms with Gasteiger partial charge < -0.3 is 5.11 Å². The van der Waals surface area contributed by atoms with Crippen LogP contribution in [-0.2, 0) is 0 Å². The number of aliphatic hydroxyl groups excluding tert-OH is 1. The molecule has 0 aromatic rings. The molecule has 0 rings (SSSR count). The third-order valence-corrected chi connectivity index (χ3v) is 3.65. The van der Waals surface area contributed by atoms with Crippen molar-refractivity contribution in [3.8, 4) is 0 Å². The molecule has 0 saturated heterocycles. The molecular weight excluding hydrogens is 209 g/mol. The molecule has 0 aliphatic rings. The fourth-order valence-electron chi connectivity index (χ4n) is 1.86. The summed E-state index contributed by atoms with van der Waals surface area (Å²) in [5.74, 6) is 0.392. The molecule has 1 N–H and O–H groups in total. The molecule has 0 aliphatic carbocycles. The van der Waals surface area contributed by atoms with Crippen LogP contribution in [0.4, 0.5) is 0 Å². The van der Waals surface area contributed by atoms with E-state index < -0.39 is 0 Å². The summed E-state index contributed by atoms with van der Waals surface area (Å²) in [6.45, 7) is 17.1. The molecular formula is C14H28BNO. The van der Waals surface area contributed by atoms with Crippen LogP contribution in [0.2, 0.25) is 6.82 Å². The lowest BCUT2D eigenvalue weighted by molar-refractivity contribution is 0.0995. The number of hydrogen-bond donors (Lipinski definition) is 1. The van der Waals surface area contributed by atoms with Crippen LogP contribution in [0.15, 0.2) is 24.2 Å². The Morgan fingerprint density at radius 3 is 2.29 bits per heavy atom. The monoisotopic (exact) mass is 237 g/mol. The van der Waals surface area contributed by atoms with Gasteiger partial charge in [0.15, 0.2) is 0 Å². The Morgan fingerprint density at radius 2 is 1.88 bits per heavy atom. The van der Waals surface area contributed by atoms with Crippen LogP contribution in [0.3, 0.4) is 0 Å². The van der Waals surface area contributed by atoms with E-state index in [1.807, 2.05) is 14.0 Å². The second-order valence-electron chi connectivity index (χ2n) is 5.26. The molecule has 0 bridgehead atoms. The lowest BCUT2D eigenvalue weighted by Gasteiger charge is -2.28. The Bertz CT molecular complexity index is 265. The quantitative estimate of drug-likeness (QED) is 0.517. The van der Waals surface area contributed by atoms with Gasteiger partial charge in [-0.1, -0.05) is 25.9 Å². The SMILES string of the molecule is C=C(BC)C(C)CC(O)CN(C)C(C)C(=C)C. The first-order valence-electron chi connectivity index (χ1n) is 6.50. The van der Waals surface area contributed by atoms with E-state index in [1.54, 1.807) is 0 Å². The van der Waals surface area contributed by atoms with Crippen molar-refractivity contribution in [2.75, 3.05) is 13.6 Å². The Morgan fingerprint density at radius 1 is 1.35 bits per heavy atom. The predicted octanol–water partition coefficient (Wildman–Crippen LogP) is 2.27. The predicted molar refractivity (Wildman–Crippen MR) is 78.8 cm³/mol. The zero-order valence-electron chi connectivity index (χ0n) is 12.2. The van der Waals surface area contributed by atoms with Crippen LogP contribution in [0.1, 0.15) is 27.2 Å². The Balaban J connectivity index is 4.13. The minimum absolute atomic E-state index is 0.292. The molecule has 0 aromatic heterocycles. The van der Waals surface area contributed by atoms with Gasteiger partial charge in [0.25, 0.3) is 0 Å². The van der Waals surface area contributed by atoms with E-state index in [4.69, 9.17) is 0 Å². The van der Waals surface area contributed by atoms with Crippen molar-refractivity contribution < 1.29 is 5.11 Å². The minimum atomic E-state index is -0.292. The number of aliphatic hydroxyl groups is 1. The highest BCUT2D eigenvalue weighted by atomic mass is 16.3. The van der Waals surface area contributed by atoms with Gasteiger partial charge in [-0.15, -0.1) is 12.1 Å². The molecule has 3 atom stereocenters. The van der Waals surface area contributed by atoms with Crippen molar-refractivity contribution in [1.29, 1.82) is 0 Å². The number of rotatable bonds is 8. The van der Waals surface area contributed by atoms with Crippen LogP contribution in [0.25, 0.3) is 0 Å². The lowest BCUT2D eigenvalue weighted by Crippen LogP contribution is -2.37. The highest BCUT2D eigenvalue weighted by molar-refractivity contribution is 6.43. The largest absolute Gasteiger partial charge is 0.392 e. The maximum Gasteiger partial charge on any atom is 0.148 e. The molecule has 3 heteroatoms. The Labute approximate surface area is 108 Å². The number of hydrogen-bond acceptors (Lipinski definition) is 2. The van der Waals surface area contributed by atoms with Crippen molar-refractivity contribution in [2.45, 2.75) is 46.2 Å². The average molecular weight is 237 g/mol. The lowest BCUT2D eigenvalue weighted by atomic mass is 9.67. The standard InChI is InChI=1S/C14H28BNO/c1-10(2)13(5)16(7)9-14(17)8-11(3)12(4)15-6/h11,13-15,17H,1,4,8-9H2,2-3,5-7H3. The Kier molecular flexibility index (Phi) is 7.48. The zero-order chi connectivity index (χ0) is 13.6. The molecule has 0 aliphatic heterocycles. The maximum atomic E-state index is 10.1. The second-order valence-corrected chi connectivity index (χ2v) is 5.26. The molecule has 17 heavy (non-hydrogen) atoms. The van der Waals surface area contributed by atoms with Crippen LogP contribution in [0, 0.1) is 5.92 Å². The Hall–Kier alpha value is -0.535. The molecule has 2 nitrogen and oxygen atoms in total. The summed E-state index contributed by atoms with van der Waals surface area (Å²) in [7, 11) is 3.02. The fraction of sp³-hybridized carbons (Fsp3) is 0.714. The second kappa shape index (κ2) is 7.73.